The third-order valence-electron chi connectivity index (χ3n) is 2.69. The van der Waals surface area contributed by atoms with Gasteiger partial charge in [-0.05, 0) is 31.5 Å². The first kappa shape index (κ1) is 12.4. The highest BCUT2D eigenvalue weighted by Gasteiger charge is 2.05. The zero-order valence-electron chi connectivity index (χ0n) is 10.7. The Morgan fingerprint density at radius 2 is 2.17 bits per heavy atom. The molecule has 2 aromatic heterocycles. The quantitative estimate of drug-likeness (QED) is 0.846. The molecule has 2 heterocycles. The Labute approximate surface area is 107 Å². The molecular weight excluding hydrogens is 224 g/mol. The molecule has 0 spiro atoms. The van der Waals surface area contributed by atoms with E-state index in [1.165, 1.54) is 5.56 Å². The maximum absolute atomic E-state index is 4.25. The fourth-order valence-corrected chi connectivity index (χ4v) is 1.76. The maximum Gasteiger partial charge on any atom is 0.127 e. The summed E-state index contributed by atoms with van der Waals surface area (Å²) in [6.07, 6.45) is 5.46. The minimum absolute atomic E-state index is 0.218. The van der Waals surface area contributed by atoms with Crippen molar-refractivity contribution in [1.82, 2.24) is 9.97 Å². The molecule has 0 fully saturated rings. The molecule has 2 N–H and O–H groups in total. The fraction of sp³-hybridized carbons (Fsp3) is 0.286. The molecule has 94 valence electrons. The number of rotatable bonds is 5. The standard InChI is InChI=1S/C14H18N4/c1-3-16-14-9-13(6-8-17-14)18-11(2)12-5-4-7-15-10-12/h4-11H,3H2,1-2H3,(H2,16,17,18). The number of hydrogen-bond donors (Lipinski definition) is 2. The summed E-state index contributed by atoms with van der Waals surface area (Å²) in [6.45, 7) is 5.04. The summed E-state index contributed by atoms with van der Waals surface area (Å²) in [5, 5.41) is 6.63. The number of pyridine rings is 2. The molecule has 0 radical (unpaired) electrons. The lowest BCUT2D eigenvalue weighted by Crippen LogP contribution is -2.07. The number of hydrogen-bond acceptors (Lipinski definition) is 4. The largest absolute Gasteiger partial charge is 0.378 e. The minimum atomic E-state index is 0.218. The molecular formula is C14H18N4. The molecule has 0 saturated heterocycles. The SMILES string of the molecule is CCNc1cc(NC(C)c2cccnc2)ccn1. The summed E-state index contributed by atoms with van der Waals surface area (Å²) < 4.78 is 0. The number of nitrogens with one attached hydrogen (secondary N) is 2. The fourth-order valence-electron chi connectivity index (χ4n) is 1.76. The van der Waals surface area contributed by atoms with E-state index in [9.17, 15) is 0 Å². The predicted molar refractivity (Wildman–Crippen MR) is 74.7 cm³/mol. The van der Waals surface area contributed by atoms with Crippen molar-refractivity contribution in [1.29, 1.82) is 0 Å². The van der Waals surface area contributed by atoms with Crippen LogP contribution in [0.5, 0.6) is 0 Å². The third kappa shape index (κ3) is 3.20. The second kappa shape index (κ2) is 6.00. The molecule has 2 rings (SSSR count). The first-order valence-electron chi connectivity index (χ1n) is 6.16. The van der Waals surface area contributed by atoms with Crippen LogP contribution in [-0.2, 0) is 0 Å². The van der Waals surface area contributed by atoms with Gasteiger partial charge < -0.3 is 10.6 Å². The molecule has 0 aliphatic rings. The lowest BCUT2D eigenvalue weighted by molar-refractivity contribution is 0.875. The Morgan fingerprint density at radius 3 is 2.89 bits per heavy atom. The lowest BCUT2D eigenvalue weighted by atomic mass is 10.1. The van der Waals surface area contributed by atoms with Gasteiger partial charge in [0.15, 0.2) is 0 Å². The van der Waals surface area contributed by atoms with E-state index in [0.717, 1.165) is 18.1 Å². The lowest BCUT2D eigenvalue weighted by Gasteiger charge is -2.15. The van der Waals surface area contributed by atoms with Crippen LogP contribution in [-0.4, -0.2) is 16.5 Å². The normalized spacial score (nSPS) is 11.9. The van der Waals surface area contributed by atoms with E-state index in [0.29, 0.717) is 0 Å². The van der Waals surface area contributed by atoms with Crippen LogP contribution in [0.2, 0.25) is 0 Å². The Morgan fingerprint density at radius 1 is 1.28 bits per heavy atom. The van der Waals surface area contributed by atoms with Gasteiger partial charge >= 0.3 is 0 Å². The van der Waals surface area contributed by atoms with Gasteiger partial charge in [-0.25, -0.2) is 4.98 Å². The Hall–Kier alpha value is -2.10. The van der Waals surface area contributed by atoms with Crippen molar-refractivity contribution in [2.24, 2.45) is 0 Å². The second-order valence-electron chi connectivity index (χ2n) is 4.11. The highest BCUT2D eigenvalue weighted by molar-refractivity contribution is 5.52. The van der Waals surface area contributed by atoms with Crippen molar-refractivity contribution < 1.29 is 0 Å². The maximum atomic E-state index is 4.25. The second-order valence-corrected chi connectivity index (χ2v) is 4.11. The molecule has 1 atom stereocenters. The van der Waals surface area contributed by atoms with E-state index in [-0.39, 0.29) is 6.04 Å². The van der Waals surface area contributed by atoms with Crippen molar-refractivity contribution in [3.05, 3.63) is 48.4 Å². The Bertz CT molecular complexity index is 484. The average molecular weight is 242 g/mol. The summed E-state index contributed by atoms with van der Waals surface area (Å²) >= 11 is 0. The van der Waals surface area contributed by atoms with Gasteiger partial charge in [0.05, 0.1) is 6.04 Å². The van der Waals surface area contributed by atoms with Crippen LogP contribution in [0.25, 0.3) is 0 Å². The smallest absolute Gasteiger partial charge is 0.127 e. The molecule has 18 heavy (non-hydrogen) atoms. The molecule has 0 saturated carbocycles. The minimum Gasteiger partial charge on any atom is -0.378 e. The highest BCUT2D eigenvalue weighted by Crippen LogP contribution is 2.19. The molecule has 0 aliphatic carbocycles. The van der Waals surface area contributed by atoms with Gasteiger partial charge in [-0.15, -0.1) is 0 Å². The molecule has 0 aromatic carbocycles. The topological polar surface area (TPSA) is 49.8 Å². The van der Waals surface area contributed by atoms with Crippen LogP contribution in [0.15, 0.2) is 42.9 Å². The third-order valence-corrected chi connectivity index (χ3v) is 2.69. The molecule has 0 amide bonds. The Balaban J connectivity index is 2.07. The van der Waals surface area contributed by atoms with Crippen molar-refractivity contribution in [2.45, 2.75) is 19.9 Å². The van der Waals surface area contributed by atoms with Gasteiger partial charge in [-0.1, -0.05) is 6.07 Å². The summed E-state index contributed by atoms with van der Waals surface area (Å²) in [4.78, 5) is 8.38. The molecule has 4 heteroatoms. The van der Waals surface area contributed by atoms with Crippen LogP contribution < -0.4 is 10.6 Å². The van der Waals surface area contributed by atoms with Crippen molar-refractivity contribution >= 4 is 11.5 Å². The van der Waals surface area contributed by atoms with Crippen LogP contribution in [0.3, 0.4) is 0 Å². The van der Waals surface area contributed by atoms with E-state index in [2.05, 4.69) is 40.5 Å². The van der Waals surface area contributed by atoms with Gasteiger partial charge in [0.2, 0.25) is 0 Å². The van der Waals surface area contributed by atoms with E-state index in [4.69, 9.17) is 0 Å². The molecule has 4 nitrogen and oxygen atoms in total. The van der Waals surface area contributed by atoms with Crippen LogP contribution in [0, 0.1) is 0 Å². The van der Waals surface area contributed by atoms with Gasteiger partial charge in [0.25, 0.3) is 0 Å². The average Bonchev–Trinajstić information content (AvgIpc) is 2.40. The van der Waals surface area contributed by atoms with E-state index in [1.54, 1.807) is 12.4 Å². The first-order chi connectivity index (χ1) is 8.79. The van der Waals surface area contributed by atoms with Crippen LogP contribution in [0.4, 0.5) is 11.5 Å². The zero-order valence-corrected chi connectivity index (χ0v) is 10.7. The van der Waals surface area contributed by atoms with E-state index < -0.39 is 0 Å². The summed E-state index contributed by atoms with van der Waals surface area (Å²) in [7, 11) is 0. The summed E-state index contributed by atoms with van der Waals surface area (Å²) in [5.41, 5.74) is 2.22. The van der Waals surface area contributed by atoms with Crippen molar-refractivity contribution in [2.75, 3.05) is 17.2 Å². The molecule has 1 unspecified atom stereocenters. The molecule has 0 bridgehead atoms. The van der Waals surface area contributed by atoms with Gasteiger partial charge in [-0.3, -0.25) is 4.98 Å². The van der Waals surface area contributed by atoms with Gasteiger partial charge in [-0.2, -0.15) is 0 Å². The van der Waals surface area contributed by atoms with E-state index in [1.807, 2.05) is 24.4 Å². The van der Waals surface area contributed by atoms with Gasteiger partial charge in [0, 0.05) is 36.9 Å². The first-order valence-corrected chi connectivity index (χ1v) is 6.16. The van der Waals surface area contributed by atoms with Crippen LogP contribution in [0.1, 0.15) is 25.5 Å². The summed E-state index contributed by atoms with van der Waals surface area (Å²) in [5.74, 6) is 0.890. The number of aromatic nitrogens is 2. The van der Waals surface area contributed by atoms with Crippen molar-refractivity contribution in [3.63, 3.8) is 0 Å². The highest BCUT2D eigenvalue weighted by atomic mass is 15.0. The molecule has 0 aliphatic heterocycles. The monoisotopic (exact) mass is 242 g/mol. The summed E-state index contributed by atoms with van der Waals surface area (Å²) in [6, 6.07) is 8.21. The van der Waals surface area contributed by atoms with Crippen LogP contribution >= 0.6 is 0 Å². The molecule has 2 aromatic rings. The zero-order chi connectivity index (χ0) is 12.8. The van der Waals surface area contributed by atoms with E-state index >= 15 is 0 Å². The van der Waals surface area contributed by atoms with Crippen molar-refractivity contribution in [3.8, 4) is 0 Å². The Kier molecular flexibility index (Phi) is 4.12. The number of anilines is 2. The van der Waals surface area contributed by atoms with Gasteiger partial charge in [0.1, 0.15) is 5.82 Å². The predicted octanol–water partition coefficient (Wildman–Crippen LogP) is 3.08. The number of nitrogens with zero attached hydrogens (tertiary/aromatic N) is 2.